The minimum absolute atomic E-state index is 0.228. The van der Waals surface area contributed by atoms with Crippen molar-refractivity contribution >= 4 is 19.3 Å². The Bertz CT molecular complexity index is 190. The first-order valence-electron chi connectivity index (χ1n) is 3.72. The lowest BCUT2D eigenvalue weighted by atomic mass is 9.91. The number of hydrogen-bond acceptors (Lipinski definition) is 2. The Balaban J connectivity index is 4.19. The van der Waals surface area contributed by atoms with Crippen molar-refractivity contribution in [3.63, 3.8) is 0 Å². The molecule has 0 aromatic carbocycles. The van der Waals surface area contributed by atoms with Gasteiger partial charge in [0.1, 0.15) is 5.62 Å². The fraction of sp³-hybridized carbons (Fsp3) is 1.00. The van der Waals surface area contributed by atoms with E-state index in [0.717, 1.165) is 0 Å². The maximum Gasteiger partial charge on any atom is 0.382 e. The highest BCUT2D eigenvalue weighted by molar-refractivity contribution is 7.55. The fourth-order valence-electron chi connectivity index (χ4n) is 0.422. The Hall–Kier alpha value is 0.410. The highest BCUT2D eigenvalue weighted by atomic mass is 35.5. The Labute approximate surface area is 78.0 Å². The summed E-state index contributed by atoms with van der Waals surface area (Å²) >= 11 is 5.12. The molecule has 0 aliphatic heterocycles. The summed E-state index contributed by atoms with van der Waals surface area (Å²) in [6.07, 6.45) is -0.410. The van der Waals surface area contributed by atoms with Gasteiger partial charge in [0.15, 0.2) is 0 Å². The minimum Gasteiger partial charge on any atom is -0.301 e. The molecule has 12 heavy (non-hydrogen) atoms. The molecule has 0 saturated carbocycles. The average Bonchev–Trinajstić information content (AvgIpc) is 1.85. The topological polar surface area (TPSA) is 26.3 Å². The van der Waals surface area contributed by atoms with E-state index in [-0.39, 0.29) is 5.41 Å². The van der Waals surface area contributed by atoms with E-state index in [1.165, 1.54) is 0 Å². The third-order valence-electron chi connectivity index (χ3n) is 1.68. The van der Waals surface area contributed by atoms with Crippen LogP contribution in [0.15, 0.2) is 0 Å². The normalized spacial score (nSPS) is 20.2. The van der Waals surface area contributed by atoms with Crippen LogP contribution in [0.1, 0.15) is 27.7 Å². The molecule has 2 nitrogen and oxygen atoms in total. The maximum absolute atomic E-state index is 12.8. The van der Waals surface area contributed by atoms with E-state index in [4.69, 9.17) is 16.1 Å². The molecule has 0 heterocycles. The third kappa shape index (κ3) is 4.44. The molecular weight excluding hydrogens is 202 g/mol. The molecule has 0 spiro atoms. The number of alkyl halides is 1. The third-order valence-corrected chi connectivity index (χ3v) is 3.45. The van der Waals surface area contributed by atoms with Gasteiger partial charge in [-0.1, -0.05) is 20.8 Å². The zero-order valence-electron chi connectivity index (χ0n) is 7.80. The number of rotatable bonds is 3. The Kier molecular flexibility index (Phi) is 4.22. The fourth-order valence-corrected chi connectivity index (χ4v) is 1.44. The van der Waals surface area contributed by atoms with Crippen molar-refractivity contribution in [3.8, 4) is 0 Å². The van der Waals surface area contributed by atoms with Crippen molar-refractivity contribution in [2.45, 2.75) is 33.8 Å². The Morgan fingerprint density at radius 2 is 2.00 bits per heavy atom. The summed E-state index contributed by atoms with van der Waals surface area (Å²) < 4.78 is 28.3. The van der Waals surface area contributed by atoms with Gasteiger partial charge in [0.05, 0.1) is 6.10 Å². The van der Waals surface area contributed by atoms with Gasteiger partial charge in [0, 0.05) is 0 Å². The molecule has 74 valence electrons. The van der Waals surface area contributed by atoms with E-state index in [1.54, 1.807) is 6.92 Å². The van der Waals surface area contributed by atoms with Crippen LogP contribution in [-0.4, -0.2) is 11.7 Å². The molecule has 0 aliphatic rings. The molecule has 0 amide bonds. The summed E-state index contributed by atoms with van der Waals surface area (Å²) in [5, 5.41) is 0. The van der Waals surface area contributed by atoms with E-state index in [1.807, 2.05) is 20.8 Å². The molecule has 5 heteroatoms. The summed E-state index contributed by atoms with van der Waals surface area (Å²) in [6.45, 7) is 7.32. The lowest BCUT2D eigenvalue weighted by molar-refractivity contribution is 0.0984. The van der Waals surface area contributed by atoms with Gasteiger partial charge in [-0.05, 0) is 12.3 Å². The summed E-state index contributed by atoms with van der Waals surface area (Å²) in [4.78, 5) is 0. The molecule has 0 aliphatic carbocycles. The second kappa shape index (κ2) is 4.08. The van der Waals surface area contributed by atoms with Crippen LogP contribution in [0.5, 0.6) is 0 Å². The average molecular weight is 217 g/mol. The lowest BCUT2D eigenvalue weighted by Gasteiger charge is -2.27. The van der Waals surface area contributed by atoms with Crippen LogP contribution in [0.4, 0.5) is 4.20 Å². The van der Waals surface area contributed by atoms with Gasteiger partial charge in [-0.3, -0.25) is 4.57 Å². The Morgan fingerprint density at radius 3 is 2.25 bits per heavy atom. The van der Waals surface area contributed by atoms with Crippen LogP contribution in [0.25, 0.3) is 0 Å². The number of halogens is 2. The predicted molar refractivity (Wildman–Crippen MR) is 49.4 cm³/mol. The summed E-state index contributed by atoms with van der Waals surface area (Å²) in [7, 11) is -4.06. The quantitative estimate of drug-likeness (QED) is 0.530. The standard InChI is InChI=1S/C7H15ClFO2P/c1-6(7(2,3)4)11-12(9,10)5-8/h6H,5H2,1-4H3. The van der Waals surface area contributed by atoms with Crippen LogP contribution in [-0.2, 0) is 9.09 Å². The van der Waals surface area contributed by atoms with Gasteiger partial charge in [-0.15, -0.1) is 11.6 Å². The molecule has 0 radical (unpaired) electrons. The zero-order chi connectivity index (χ0) is 9.99. The highest BCUT2D eigenvalue weighted by Crippen LogP contribution is 2.52. The van der Waals surface area contributed by atoms with Crippen LogP contribution >= 0.6 is 19.3 Å². The number of hydrogen-bond donors (Lipinski definition) is 0. The molecular formula is C7H15ClFO2P. The van der Waals surface area contributed by atoms with Gasteiger partial charge in [-0.25, -0.2) is 0 Å². The maximum atomic E-state index is 12.8. The molecule has 0 rings (SSSR count). The molecule has 0 fully saturated rings. The first-order valence-corrected chi connectivity index (χ1v) is 5.95. The van der Waals surface area contributed by atoms with Gasteiger partial charge >= 0.3 is 7.68 Å². The molecule has 2 unspecified atom stereocenters. The summed E-state index contributed by atoms with van der Waals surface area (Å²) in [5.41, 5.74) is -0.804. The van der Waals surface area contributed by atoms with E-state index < -0.39 is 19.4 Å². The smallest absolute Gasteiger partial charge is 0.301 e. The summed E-state index contributed by atoms with van der Waals surface area (Å²) in [5.74, 6) is 0. The first-order chi connectivity index (χ1) is 5.19. The zero-order valence-corrected chi connectivity index (χ0v) is 9.45. The summed E-state index contributed by atoms with van der Waals surface area (Å²) in [6, 6.07) is 0. The van der Waals surface area contributed by atoms with Crippen molar-refractivity contribution in [3.05, 3.63) is 0 Å². The minimum atomic E-state index is -4.06. The van der Waals surface area contributed by atoms with Gasteiger partial charge in [0.25, 0.3) is 0 Å². The molecule has 0 aromatic rings. The lowest BCUT2D eigenvalue weighted by Crippen LogP contribution is -2.24. The van der Waals surface area contributed by atoms with E-state index in [2.05, 4.69) is 0 Å². The van der Waals surface area contributed by atoms with Crippen LogP contribution in [0.3, 0.4) is 0 Å². The second-order valence-corrected chi connectivity index (χ2v) is 6.17. The SMILES string of the molecule is CC(OP(=O)(F)CCl)C(C)(C)C. The highest BCUT2D eigenvalue weighted by Gasteiger charge is 2.30. The monoisotopic (exact) mass is 216 g/mol. The van der Waals surface area contributed by atoms with Crippen LogP contribution in [0.2, 0.25) is 0 Å². The van der Waals surface area contributed by atoms with Crippen molar-refractivity contribution in [1.82, 2.24) is 0 Å². The molecule has 0 N–H and O–H groups in total. The van der Waals surface area contributed by atoms with E-state index >= 15 is 0 Å². The van der Waals surface area contributed by atoms with Gasteiger partial charge in [0.2, 0.25) is 0 Å². The van der Waals surface area contributed by atoms with Crippen LogP contribution < -0.4 is 0 Å². The largest absolute Gasteiger partial charge is 0.382 e. The first kappa shape index (κ1) is 12.4. The van der Waals surface area contributed by atoms with Crippen molar-refractivity contribution in [1.29, 1.82) is 0 Å². The van der Waals surface area contributed by atoms with Crippen LogP contribution in [0, 0.1) is 5.41 Å². The second-order valence-electron chi connectivity index (χ2n) is 3.82. The van der Waals surface area contributed by atoms with Gasteiger partial charge < -0.3 is 4.52 Å². The van der Waals surface area contributed by atoms with Gasteiger partial charge in [-0.2, -0.15) is 4.20 Å². The van der Waals surface area contributed by atoms with Crippen molar-refractivity contribution < 1.29 is 13.3 Å². The molecule has 2 atom stereocenters. The Morgan fingerprint density at radius 1 is 1.58 bits per heavy atom. The molecule has 0 saturated heterocycles. The van der Waals surface area contributed by atoms with E-state index in [9.17, 15) is 8.76 Å². The van der Waals surface area contributed by atoms with E-state index in [0.29, 0.717) is 0 Å². The predicted octanol–water partition coefficient (Wildman–Crippen LogP) is 3.80. The van der Waals surface area contributed by atoms with Crippen molar-refractivity contribution in [2.24, 2.45) is 5.41 Å². The van der Waals surface area contributed by atoms with Crippen molar-refractivity contribution in [2.75, 3.05) is 5.62 Å². The molecule has 0 aromatic heterocycles. The molecule has 0 bridgehead atoms.